The minimum Gasteiger partial charge on any atom is -0.341 e. The van der Waals surface area contributed by atoms with Crippen molar-refractivity contribution in [3.63, 3.8) is 0 Å². The first-order valence-corrected chi connectivity index (χ1v) is 7.27. The molecule has 0 unspecified atom stereocenters. The van der Waals surface area contributed by atoms with Crippen LogP contribution in [-0.2, 0) is 0 Å². The van der Waals surface area contributed by atoms with Gasteiger partial charge in [-0.3, -0.25) is 9.69 Å². The maximum atomic E-state index is 11.8. The van der Waals surface area contributed by atoms with Crippen LogP contribution in [0.3, 0.4) is 0 Å². The molecular formula is C15H17BrN2O. The van der Waals surface area contributed by atoms with E-state index < -0.39 is 0 Å². The number of rotatable bonds is 3. The molecule has 19 heavy (non-hydrogen) atoms. The summed E-state index contributed by atoms with van der Waals surface area (Å²) in [5, 5.41) is 2.80. The van der Waals surface area contributed by atoms with Crippen LogP contribution in [0.1, 0.15) is 23.2 Å². The zero-order valence-electron chi connectivity index (χ0n) is 10.8. The maximum Gasteiger partial charge on any atom is 0.252 e. The maximum absolute atomic E-state index is 11.8. The number of nitrogens with one attached hydrogen (secondary N) is 1. The summed E-state index contributed by atoms with van der Waals surface area (Å²) in [5.41, 5.74) is 0.657. The molecule has 0 atom stereocenters. The normalized spacial score (nSPS) is 14.8. The van der Waals surface area contributed by atoms with Gasteiger partial charge < -0.3 is 5.32 Å². The fourth-order valence-corrected chi connectivity index (χ4v) is 2.26. The molecule has 0 bridgehead atoms. The van der Waals surface area contributed by atoms with E-state index in [0.717, 1.165) is 24.1 Å². The Labute approximate surface area is 122 Å². The first-order chi connectivity index (χ1) is 9.25. The second-order valence-corrected chi connectivity index (χ2v) is 5.44. The van der Waals surface area contributed by atoms with Crippen molar-refractivity contribution in [2.45, 2.75) is 12.8 Å². The second-order valence-electron chi connectivity index (χ2n) is 4.53. The molecule has 4 heteroatoms. The van der Waals surface area contributed by atoms with Gasteiger partial charge in [-0.25, -0.2) is 0 Å². The molecule has 0 spiro atoms. The quantitative estimate of drug-likeness (QED) is 0.867. The van der Waals surface area contributed by atoms with Crippen LogP contribution in [0.25, 0.3) is 0 Å². The van der Waals surface area contributed by atoms with Gasteiger partial charge in [-0.15, -0.1) is 0 Å². The number of likely N-dealkylation sites (tertiary alicyclic amines) is 1. The first kappa shape index (κ1) is 14.1. The molecule has 1 aliphatic rings. The number of hydrogen-bond acceptors (Lipinski definition) is 2. The van der Waals surface area contributed by atoms with E-state index in [1.165, 1.54) is 12.8 Å². The molecule has 1 saturated heterocycles. The lowest BCUT2D eigenvalue weighted by atomic mass is 10.2. The summed E-state index contributed by atoms with van der Waals surface area (Å²) in [6, 6.07) is 7.29. The van der Waals surface area contributed by atoms with Crippen molar-refractivity contribution in [1.29, 1.82) is 0 Å². The Balaban J connectivity index is 1.71. The van der Waals surface area contributed by atoms with Crippen LogP contribution < -0.4 is 5.32 Å². The third-order valence-corrected chi connectivity index (χ3v) is 3.60. The fourth-order valence-electron chi connectivity index (χ4n) is 2.00. The number of halogens is 1. The largest absolute Gasteiger partial charge is 0.341 e. The summed E-state index contributed by atoms with van der Waals surface area (Å²) in [6.45, 7) is 3.52. The molecule has 3 nitrogen and oxygen atoms in total. The highest BCUT2D eigenvalue weighted by Gasteiger charge is 2.08. The number of carbonyl (C=O) groups is 1. The lowest BCUT2D eigenvalue weighted by Crippen LogP contribution is -2.24. The van der Waals surface area contributed by atoms with Crippen LogP contribution in [0.2, 0.25) is 0 Å². The Morgan fingerprint density at radius 2 is 1.89 bits per heavy atom. The summed E-state index contributed by atoms with van der Waals surface area (Å²) in [4.78, 5) is 14.1. The molecule has 2 rings (SSSR count). The van der Waals surface area contributed by atoms with Gasteiger partial charge in [-0.1, -0.05) is 27.8 Å². The minimum atomic E-state index is -0.0806. The third-order valence-electron chi connectivity index (χ3n) is 3.07. The average molecular weight is 321 g/mol. The van der Waals surface area contributed by atoms with Gasteiger partial charge in [0.05, 0.1) is 13.1 Å². The van der Waals surface area contributed by atoms with Crippen molar-refractivity contribution in [2.24, 2.45) is 0 Å². The van der Waals surface area contributed by atoms with E-state index in [1.54, 1.807) is 12.1 Å². The molecule has 100 valence electrons. The summed E-state index contributed by atoms with van der Waals surface area (Å²) in [5.74, 6) is 6.01. The number of amides is 1. The zero-order valence-corrected chi connectivity index (χ0v) is 12.4. The smallest absolute Gasteiger partial charge is 0.252 e. The Bertz CT molecular complexity index is 481. The Kier molecular flexibility index (Phi) is 5.44. The molecule has 1 aromatic rings. The van der Waals surface area contributed by atoms with Crippen molar-refractivity contribution in [3.05, 3.63) is 34.3 Å². The molecule has 0 radical (unpaired) electrons. The predicted octanol–water partition coefficient (Wildman–Crippen LogP) is 2.28. The Hall–Kier alpha value is -1.31. The Morgan fingerprint density at radius 1 is 1.21 bits per heavy atom. The van der Waals surface area contributed by atoms with E-state index in [-0.39, 0.29) is 5.91 Å². The number of benzene rings is 1. The standard InChI is InChI=1S/C15H17BrN2O/c16-14-7-5-13(6-8-14)15(19)17-9-1-2-10-18-11-3-4-12-18/h5-8H,3-4,9-12H2,(H,17,19). The molecule has 0 saturated carbocycles. The monoisotopic (exact) mass is 320 g/mol. The van der Waals surface area contributed by atoms with Gasteiger partial charge in [-0.2, -0.15) is 0 Å². The van der Waals surface area contributed by atoms with E-state index in [9.17, 15) is 4.79 Å². The molecular weight excluding hydrogens is 304 g/mol. The first-order valence-electron chi connectivity index (χ1n) is 6.47. The van der Waals surface area contributed by atoms with Gasteiger partial charge in [0.25, 0.3) is 5.91 Å². The van der Waals surface area contributed by atoms with Crippen LogP contribution in [0.5, 0.6) is 0 Å². The van der Waals surface area contributed by atoms with Crippen molar-refractivity contribution < 1.29 is 4.79 Å². The van der Waals surface area contributed by atoms with E-state index in [0.29, 0.717) is 12.1 Å². The van der Waals surface area contributed by atoms with Gasteiger partial charge in [0.1, 0.15) is 0 Å². The van der Waals surface area contributed by atoms with Crippen LogP contribution in [0.15, 0.2) is 28.7 Å². The molecule has 1 heterocycles. The van der Waals surface area contributed by atoms with Gasteiger partial charge in [0, 0.05) is 10.0 Å². The summed E-state index contributed by atoms with van der Waals surface area (Å²) in [6.07, 6.45) is 2.56. The van der Waals surface area contributed by atoms with Crippen molar-refractivity contribution in [2.75, 3.05) is 26.2 Å². The average Bonchev–Trinajstić information content (AvgIpc) is 2.92. The second kappa shape index (κ2) is 7.32. The highest BCUT2D eigenvalue weighted by Crippen LogP contribution is 2.10. The van der Waals surface area contributed by atoms with Gasteiger partial charge in [-0.05, 0) is 50.2 Å². The van der Waals surface area contributed by atoms with Crippen molar-refractivity contribution in [1.82, 2.24) is 10.2 Å². The predicted molar refractivity (Wildman–Crippen MR) is 79.9 cm³/mol. The summed E-state index contributed by atoms with van der Waals surface area (Å²) in [7, 11) is 0. The summed E-state index contributed by atoms with van der Waals surface area (Å²) >= 11 is 3.34. The zero-order chi connectivity index (χ0) is 13.5. The van der Waals surface area contributed by atoms with E-state index in [4.69, 9.17) is 0 Å². The van der Waals surface area contributed by atoms with Crippen LogP contribution in [-0.4, -0.2) is 37.0 Å². The molecule has 0 aliphatic carbocycles. The van der Waals surface area contributed by atoms with Gasteiger partial charge >= 0.3 is 0 Å². The Morgan fingerprint density at radius 3 is 2.58 bits per heavy atom. The molecule has 0 aromatic heterocycles. The molecule has 1 aromatic carbocycles. The third kappa shape index (κ3) is 4.70. The molecule has 1 aliphatic heterocycles. The lowest BCUT2D eigenvalue weighted by Gasteiger charge is -2.08. The lowest BCUT2D eigenvalue weighted by molar-refractivity contribution is 0.0958. The van der Waals surface area contributed by atoms with E-state index in [1.807, 2.05) is 12.1 Å². The van der Waals surface area contributed by atoms with Gasteiger partial charge in [0.2, 0.25) is 0 Å². The molecule has 1 N–H and O–H groups in total. The van der Waals surface area contributed by atoms with Crippen LogP contribution in [0.4, 0.5) is 0 Å². The SMILES string of the molecule is O=C(NCC#CCN1CCCC1)c1ccc(Br)cc1. The number of nitrogens with zero attached hydrogens (tertiary/aromatic N) is 1. The van der Waals surface area contributed by atoms with E-state index in [2.05, 4.69) is 38.0 Å². The van der Waals surface area contributed by atoms with Crippen LogP contribution in [0, 0.1) is 11.8 Å². The highest BCUT2D eigenvalue weighted by molar-refractivity contribution is 9.10. The number of carbonyl (C=O) groups excluding carboxylic acids is 1. The minimum absolute atomic E-state index is 0.0806. The highest BCUT2D eigenvalue weighted by atomic mass is 79.9. The summed E-state index contributed by atoms with van der Waals surface area (Å²) < 4.78 is 0.967. The topological polar surface area (TPSA) is 32.3 Å². The van der Waals surface area contributed by atoms with E-state index >= 15 is 0 Å². The van der Waals surface area contributed by atoms with Crippen molar-refractivity contribution >= 4 is 21.8 Å². The fraction of sp³-hybridized carbons (Fsp3) is 0.400. The molecule has 1 fully saturated rings. The van der Waals surface area contributed by atoms with Crippen LogP contribution >= 0.6 is 15.9 Å². The number of hydrogen-bond donors (Lipinski definition) is 1. The van der Waals surface area contributed by atoms with Gasteiger partial charge in [0.15, 0.2) is 0 Å². The molecule has 1 amide bonds. The van der Waals surface area contributed by atoms with Crippen molar-refractivity contribution in [3.8, 4) is 11.8 Å².